The SMILES string of the molecule is COc1ccc(S[Se]c2ccccc2CO)cc1. The quantitative estimate of drug-likeness (QED) is 0.855. The molecule has 0 fully saturated rings. The Hall–Kier alpha value is -0.931. The van der Waals surface area contributed by atoms with Crippen LogP contribution in [-0.4, -0.2) is 26.1 Å². The second-order valence-electron chi connectivity index (χ2n) is 3.61. The molecule has 0 saturated heterocycles. The molecule has 0 bridgehead atoms. The second kappa shape index (κ2) is 6.86. The number of hydrogen-bond acceptors (Lipinski definition) is 3. The van der Waals surface area contributed by atoms with E-state index >= 15 is 0 Å². The molecule has 0 spiro atoms. The Balaban J connectivity index is 2.02. The van der Waals surface area contributed by atoms with Crippen LogP contribution in [0.1, 0.15) is 5.56 Å². The molecule has 0 aliphatic rings. The Morgan fingerprint density at radius 1 is 1.11 bits per heavy atom. The number of methoxy groups -OCH3 is 1. The Kier molecular flexibility index (Phi) is 5.14. The average molecular weight is 325 g/mol. The first-order chi connectivity index (χ1) is 8.83. The monoisotopic (exact) mass is 326 g/mol. The zero-order valence-electron chi connectivity index (χ0n) is 10.00. The first-order valence-corrected chi connectivity index (χ1v) is 9.20. The van der Waals surface area contributed by atoms with E-state index in [1.807, 2.05) is 40.5 Å². The molecule has 0 aliphatic heterocycles. The summed E-state index contributed by atoms with van der Waals surface area (Å²) in [5.41, 5.74) is 1.03. The van der Waals surface area contributed by atoms with Crippen LogP contribution in [0, 0.1) is 0 Å². The Labute approximate surface area is 117 Å². The van der Waals surface area contributed by atoms with Crippen molar-refractivity contribution < 1.29 is 9.84 Å². The fraction of sp³-hybridized carbons (Fsp3) is 0.143. The van der Waals surface area contributed by atoms with Crippen LogP contribution in [0.3, 0.4) is 0 Å². The van der Waals surface area contributed by atoms with E-state index in [1.165, 1.54) is 9.36 Å². The minimum absolute atomic E-state index is 0.112. The second-order valence-corrected chi connectivity index (χ2v) is 7.43. The number of rotatable bonds is 5. The van der Waals surface area contributed by atoms with Gasteiger partial charge in [-0.2, -0.15) is 0 Å². The zero-order chi connectivity index (χ0) is 12.8. The molecule has 0 saturated carbocycles. The predicted molar refractivity (Wildman–Crippen MR) is 76.6 cm³/mol. The molecule has 0 aromatic heterocycles. The van der Waals surface area contributed by atoms with Crippen molar-refractivity contribution in [3.8, 4) is 5.75 Å². The molecular weight excluding hydrogens is 311 g/mol. The van der Waals surface area contributed by atoms with E-state index in [1.54, 1.807) is 7.11 Å². The number of hydrogen-bond donors (Lipinski definition) is 1. The molecule has 0 amide bonds. The summed E-state index contributed by atoms with van der Waals surface area (Å²) in [6, 6.07) is 16.1. The van der Waals surface area contributed by atoms with Crippen molar-refractivity contribution in [3.63, 3.8) is 0 Å². The van der Waals surface area contributed by atoms with E-state index in [4.69, 9.17) is 4.74 Å². The minimum atomic E-state index is 0.112. The van der Waals surface area contributed by atoms with Crippen LogP contribution in [0.2, 0.25) is 0 Å². The van der Waals surface area contributed by atoms with Gasteiger partial charge in [-0.1, -0.05) is 0 Å². The fourth-order valence-corrected chi connectivity index (χ4v) is 5.37. The van der Waals surface area contributed by atoms with Crippen LogP contribution in [-0.2, 0) is 6.61 Å². The van der Waals surface area contributed by atoms with Crippen LogP contribution in [0.5, 0.6) is 5.75 Å². The molecule has 2 aromatic carbocycles. The molecule has 2 nitrogen and oxygen atoms in total. The number of ether oxygens (including phenoxy) is 1. The van der Waals surface area contributed by atoms with Crippen molar-refractivity contribution in [2.24, 2.45) is 0 Å². The third-order valence-corrected chi connectivity index (χ3v) is 6.86. The third kappa shape index (κ3) is 3.53. The van der Waals surface area contributed by atoms with Gasteiger partial charge in [0.05, 0.1) is 0 Å². The molecule has 2 aromatic rings. The standard InChI is InChI=1S/C14H14O2SSe/c1-16-12-6-8-13(9-7-12)17-18-14-5-3-2-4-11(14)10-15/h2-9,15H,10H2,1H3. The summed E-state index contributed by atoms with van der Waals surface area (Å²) >= 11 is 0.272. The van der Waals surface area contributed by atoms with Gasteiger partial charge in [0, 0.05) is 0 Å². The Morgan fingerprint density at radius 3 is 2.50 bits per heavy atom. The van der Waals surface area contributed by atoms with Gasteiger partial charge >= 0.3 is 117 Å². The van der Waals surface area contributed by atoms with Crippen molar-refractivity contribution in [3.05, 3.63) is 54.1 Å². The van der Waals surface area contributed by atoms with Crippen LogP contribution in [0.25, 0.3) is 0 Å². The van der Waals surface area contributed by atoms with Crippen molar-refractivity contribution in [2.45, 2.75) is 11.5 Å². The summed E-state index contributed by atoms with van der Waals surface area (Å²) in [5.74, 6) is 0.877. The molecule has 4 heteroatoms. The van der Waals surface area contributed by atoms with Gasteiger partial charge in [0.25, 0.3) is 0 Å². The molecule has 0 radical (unpaired) electrons. The molecule has 18 heavy (non-hydrogen) atoms. The number of aliphatic hydroxyl groups excluding tert-OH is 1. The normalized spacial score (nSPS) is 10.3. The van der Waals surface area contributed by atoms with Gasteiger partial charge in [0.1, 0.15) is 0 Å². The summed E-state index contributed by atoms with van der Waals surface area (Å²) in [4.78, 5) is 1.23. The fourth-order valence-electron chi connectivity index (χ4n) is 1.44. The van der Waals surface area contributed by atoms with E-state index in [0.29, 0.717) is 0 Å². The molecule has 0 unspecified atom stereocenters. The third-order valence-electron chi connectivity index (χ3n) is 2.43. The first-order valence-electron chi connectivity index (χ1n) is 5.51. The molecular formula is C14H14O2SSe. The topological polar surface area (TPSA) is 29.5 Å². The van der Waals surface area contributed by atoms with Crippen LogP contribution >= 0.6 is 10.2 Å². The maximum absolute atomic E-state index is 9.27. The summed E-state index contributed by atoms with van der Waals surface area (Å²) in [7, 11) is 3.49. The number of benzene rings is 2. The average Bonchev–Trinajstić information content (AvgIpc) is 2.46. The van der Waals surface area contributed by atoms with Crippen molar-refractivity contribution in [1.29, 1.82) is 0 Å². The van der Waals surface area contributed by atoms with Crippen LogP contribution in [0.4, 0.5) is 0 Å². The van der Waals surface area contributed by atoms with E-state index in [9.17, 15) is 5.11 Å². The van der Waals surface area contributed by atoms with Crippen molar-refractivity contribution >= 4 is 28.5 Å². The molecule has 0 heterocycles. The summed E-state index contributed by atoms with van der Waals surface area (Å²) < 4.78 is 6.38. The van der Waals surface area contributed by atoms with Gasteiger partial charge in [-0.15, -0.1) is 0 Å². The summed E-state index contributed by atoms with van der Waals surface area (Å²) in [6.07, 6.45) is 0. The van der Waals surface area contributed by atoms with E-state index in [2.05, 4.69) is 18.2 Å². The van der Waals surface area contributed by atoms with Crippen LogP contribution < -0.4 is 9.20 Å². The Bertz CT molecular complexity index is 499. The van der Waals surface area contributed by atoms with Gasteiger partial charge in [-0.25, -0.2) is 0 Å². The first kappa shape index (κ1) is 13.5. The van der Waals surface area contributed by atoms with Crippen molar-refractivity contribution in [2.75, 3.05) is 7.11 Å². The van der Waals surface area contributed by atoms with Gasteiger partial charge in [0.2, 0.25) is 0 Å². The summed E-state index contributed by atoms with van der Waals surface area (Å²) in [5, 5.41) is 9.27. The summed E-state index contributed by atoms with van der Waals surface area (Å²) in [6.45, 7) is 0.112. The van der Waals surface area contributed by atoms with E-state index in [-0.39, 0.29) is 20.4 Å². The van der Waals surface area contributed by atoms with Gasteiger partial charge in [0.15, 0.2) is 0 Å². The molecule has 1 N–H and O–H groups in total. The maximum atomic E-state index is 9.27. The predicted octanol–water partition coefficient (Wildman–Crippen LogP) is 2.22. The van der Waals surface area contributed by atoms with Crippen LogP contribution in [0.15, 0.2) is 53.4 Å². The zero-order valence-corrected chi connectivity index (χ0v) is 12.5. The van der Waals surface area contributed by atoms with Gasteiger partial charge < -0.3 is 0 Å². The van der Waals surface area contributed by atoms with Crippen molar-refractivity contribution in [1.82, 2.24) is 0 Å². The molecule has 2 rings (SSSR count). The number of aliphatic hydroxyl groups is 1. The van der Waals surface area contributed by atoms with Gasteiger partial charge in [-0.05, 0) is 0 Å². The van der Waals surface area contributed by atoms with Gasteiger partial charge in [-0.3, -0.25) is 0 Å². The Morgan fingerprint density at radius 2 is 1.83 bits per heavy atom. The molecule has 0 aliphatic carbocycles. The van der Waals surface area contributed by atoms with E-state index in [0.717, 1.165) is 11.3 Å². The molecule has 94 valence electrons. The van der Waals surface area contributed by atoms with E-state index < -0.39 is 0 Å². The molecule has 0 atom stereocenters.